The van der Waals surface area contributed by atoms with Crippen LogP contribution in [0.3, 0.4) is 0 Å². The topological polar surface area (TPSA) is 37.3 Å². The van der Waals surface area contributed by atoms with Gasteiger partial charge in [-0.3, -0.25) is 0 Å². The fourth-order valence-electron chi connectivity index (χ4n) is 1.76. The first-order valence-electron chi connectivity index (χ1n) is 5.58. The highest BCUT2D eigenvalue weighted by Gasteiger charge is 2.06. The third-order valence-electron chi connectivity index (χ3n) is 2.72. The molecular formula is C15H14O2. The molecule has 2 nitrogen and oxygen atoms in total. The molecule has 1 unspecified atom stereocenters. The van der Waals surface area contributed by atoms with E-state index in [1.807, 2.05) is 54.6 Å². The van der Waals surface area contributed by atoms with Crippen LogP contribution in [0.2, 0.25) is 0 Å². The highest BCUT2D eigenvalue weighted by atomic mass is 16.3. The minimum Gasteiger partial charge on any atom is -0.388 e. The van der Waals surface area contributed by atoms with Crippen molar-refractivity contribution >= 4 is 6.29 Å². The first-order chi connectivity index (χ1) is 8.31. The van der Waals surface area contributed by atoms with Gasteiger partial charge >= 0.3 is 0 Å². The predicted molar refractivity (Wildman–Crippen MR) is 67.5 cm³/mol. The molecule has 0 radical (unpaired) electrons. The SMILES string of the molecule is O=CCC(O)c1ccc(-c2ccccc2)cc1. The lowest BCUT2D eigenvalue weighted by Gasteiger charge is -2.08. The molecule has 0 aliphatic carbocycles. The number of hydrogen-bond donors (Lipinski definition) is 1. The number of benzene rings is 2. The number of aldehydes is 1. The van der Waals surface area contributed by atoms with Crippen molar-refractivity contribution in [2.24, 2.45) is 0 Å². The molecule has 0 spiro atoms. The average Bonchev–Trinajstić information content (AvgIpc) is 2.40. The van der Waals surface area contributed by atoms with Gasteiger partial charge in [0.25, 0.3) is 0 Å². The van der Waals surface area contributed by atoms with E-state index in [-0.39, 0.29) is 6.42 Å². The lowest BCUT2D eigenvalue weighted by atomic mass is 10.0. The molecule has 0 saturated carbocycles. The maximum atomic E-state index is 10.3. The van der Waals surface area contributed by atoms with Crippen LogP contribution < -0.4 is 0 Å². The summed E-state index contributed by atoms with van der Waals surface area (Å²) in [5, 5.41) is 9.65. The Labute approximate surface area is 101 Å². The van der Waals surface area contributed by atoms with Gasteiger partial charge in [-0.05, 0) is 16.7 Å². The van der Waals surface area contributed by atoms with E-state index in [0.717, 1.165) is 23.0 Å². The number of aliphatic hydroxyl groups is 1. The number of carbonyl (C=O) groups is 1. The van der Waals surface area contributed by atoms with Crippen molar-refractivity contribution in [3.8, 4) is 11.1 Å². The standard InChI is InChI=1S/C15H14O2/c16-11-10-15(17)14-8-6-13(7-9-14)12-4-2-1-3-5-12/h1-9,11,15,17H,10H2. The summed E-state index contributed by atoms with van der Waals surface area (Å²) in [5.74, 6) is 0. The summed E-state index contributed by atoms with van der Waals surface area (Å²) in [4.78, 5) is 10.3. The molecule has 2 aromatic carbocycles. The van der Waals surface area contributed by atoms with E-state index >= 15 is 0 Å². The second-order valence-electron chi connectivity index (χ2n) is 3.91. The second-order valence-corrected chi connectivity index (χ2v) is 3.91. The lowest BCUT2D eigenvalue weighted by molar-refractivity contribution is -0.109. The van der Waals surface area contributed by atoms with Crippen LogP contribution in [0.4, 0.5) is 0 Å². The van der Waals surface area contributed by atoms with Gasteiger partial charge in [0.2, 0.25) is 0 Å². The molecule has 2 heteroatoms. The molecule has 2 rings (SSSR count). The highest BCUT2D eigenvalue weighted by Crippen LogP contribution is 2.22. The zero-order valence-corrected chi connectivity index (χ0v) is 9.41. The summed E-state index contributed by atoms with van der Waals surface area (Å²) in [5.41, 5.74) is 3.02. The molecule has 0 aliphatic rings. The van der Waals surface area contributed by atoms with Gasteiger partial charge < -0.3 is 9.90 Å². The number of carbonyl (C=O) groups excluding carboxylic acids is 1. The van der Waals surface area contributed by atoms with Crippen LogP contribution in [0, 0.1) is 0 Å². The zero-order chi connectivity index (χ0) is 12.1. The molecule has 0 aliphatic heterocycles. The van der Waals surface area contributed by atoms with Crippen molar-refractivity contribution in [3.05, 3.63) is 60.2 Å². The van der Waals surface area contributed by atoms with E-state index in [4.69, 9.17) is 0 Å². The van der Waals surface area contributed by atoms with Crippen molar-refractivity contribution in [2.75, 3.05) is 0 Å². The van der Waals surface area contributed by atoms with Gasteiger partial charge in [0.1, 0.15) is 6.29 Å². The van der Waals surface area contributed by atoms with E-state index in [0.29, 0.717) is 0 Å². The van der Waals surface area contributed by atoms with Crippen LogP contribution >= 0.6 is 0 Å². The molecule has 0 heterocycles. The quantitative estimate of drug-likeness (QED) is 0.814. The molecule has 0 fully saturated rings. The Morgan fingerprint density at radius 3 is 2.12 bits per heavy atom. The second kappa shape index (κ2) is 5.41. The Hall–Kier alpha value is -1.93. The Morgan fingerprint density at radius 2 is 1.53 bits per heavy atom. The number of hydrogen-bond acceptors (Lipinski definition) is 2. The molecule has 1 atom stereocenters. The maximum absolute atomic E-state index is 10.3. The van der Waals surface area contributed by atoms with Crippen LogP contribution in [0.5, 0.6) is 0 Å². The van der Waals surface area contributed by atoms with Crippen molar-refractivity contribution in [1.29, 1.82) is 0 Å². The molecule has 2 aromatic rings. The van der Waals surface area contributed by atoms with Gasteiger partial charge in [-0.2, -0.15) is 0 Å². The highest BCUT2D eigenvalue weighted by molar-refractivity contribution is 5.63. The fourth-order valence-corrected chi connectivity index (χ4v) is 1.76. The van der Waals surface area contributed by atoms with Crippen LogP contribution in [0.25, 0.3) is 11.1 Å². The van der Waals surface area contributed by atoms with Crippen molar-refractivity contribution < 1.29 is 9.90 Å². The summed E-state index contributed by atoms with van der Waals surface area (Å²) in [6.45, 7) is 0. The molecule has 0 saturated heterocycles. The zero-order valence-electron chi connectivity index (χ0n) is 9.41. The largest absolute Gasteiger partial charge is 0.388 e. The summed E-state index contributed by atoms with van der Waals surface area (Å²) in [7, 11) is 0. The van der Waals surface area contributed by atoms with Crippen molar-refractivity contribution in [3.63, 3.8) is 0 Å². The molecule has 86 valence electrons. The Kier molecular flexibility index (Phi) is 3.68. The first-order valence-corrected chi connectivity index (χ1v) is 5.58. The van der Waals surface area contributed by atoms with E-state index in [1.54, 1.807) is 0 Å². The smallest absolute Gasteiger partial charge is 0.122 e. The lowest BCUT2D eigenvalue weighted by Crippen LogP contribution is -1.97. The van der Waals surface area contributed by atoms with E-state index in [2.05, 4.69) is 0 Å². The number of rotatable bonds is 4. The summed E-state index contributed by atoms with van der Waals surface area (Å²) < 4.78 is 0. The van der Waals surface area contributed by atoms with Gasteiger partial charge in [0, 0.05) is 6.42 Å². The average molecular weight is 226 g/mol. The van der Waals surface area contributed by atoms with Crippen LogP contribution in [-0.2, 0) is 4.79 Å². The van der Waals surface area contributed by atoms with Crippen LogP contribution in [0.1, 0.15) is 18.1 Å². The van der Waals surface area contributed by atoms with Crippen LogP contribution in [-0.4, -0.2) is 11.4 Å². The van der Waals surface area contributed by atoms with Crippen LogP contribution in [0.15, 0.2) is 54.6 Å². The van der Waals surface area contributed by atoms with Gasteiger partial charge in [-0.15, -0.1) is 0 Å². The third-order valence-corrected chi connectivity index (χ3v) is 2.72. The first kappa shape index (κ1) is 11.6. The molecule has 0 aromatic heterocycles. The van der Waals surface area contributed by atoms with Gasteiger partial charge in [-0.25, -0.2) is 0 Å². The third kappa shape index (κ3) is 2.80. The van der Waals surface area contributed by atoms with Gasteiger partial charge in [0.05, 0.1) is 6.10 Å². The minimum atomic E-state index is -0.697. The molecule has 17 heavy (non-hydrogen) atoms. The predicted octanol–water partition coefficient (Wildman–Crippen LogP) is 2.98. The molecule has 0 bridgehead atoms. The fraction of sp³-hybridized carbons (Fsp3) is 0.133. The Balaban J connectivity index is 2.21. The van der Waals surface area contributed by atoms with E-state index in [9.17, 15) is 9.90 Å². The van der Waals surface area contributed by atoms with Crippen molar-refractivity contribution in [1.82, 2.24) is 0 Å². The Morgan fingerprint density at radius 1 is 0.941 bits per heavy atom. The normalized spacial score (nSPS) is 12.1. The monoisotopic (exact) mass is 226 g/mol. The van der Waals surface area contributed by atoms with Gasteiger partial charge in [0.15, 0.2) is 0 Å². The summed E-state index contributed by atoms with van der Waals surface area (Å²) in [6.07, 6.45) is 0.179. The van der Waals surface area contributed by atoms with Gasteiger partial charge in [-0.1, -0.05) is 54.6 Å². The van der Waals surface area contributed by atoms with E-state index < -0.39 is 6.10 Å². The maximum Gasteiger partial charge on any atom is 0.122 e. The molecular weight excluding hydrogens is 212 g/mol. The Bertz CT molecular complexity index is 474. The number of aliphatic hydroxyl groups excluding tert-OH is 1. The summed E-state index contributed by atoms with van der Waals surface area (Å²) >= 11 is 0. The summed E-state index contributed by atoms with van der Waals surface area (Å²) in [6, 6.07) is 17.7. The molecule has 1 N–H and O–H groups in total. The van der Waals surface area contributed by atoms with Crippen molar-refractivity contribution in [2.45, 2.75) is 12.5 Å². The molecule has 0 amide bonds. The minimum absolute atomic E-state index is 0.144. The van der Waals surface area contributed by atoms with E-state index in [1.165, 1.54) is 0 Å².